The van der Waals surface area contributed by atoms with Gasteiger partial charge in [-0.1, -0.05) is 72.8 Å². The third kappa shape index (κ3) is 5.61. The van der Waals surface area contributed by atoms with Gasteiger partial charge in [0, 0.05) is 34.1 Å². The summed E-state index contributed by atoms with van der Waals surface area (Å²) in [6, 6.07) is 20.6. The summed E-state index contributed by atoms with van der Waals surface area (Å²) in [5, 5.41) is 0. The molecule has 0 aliphatic carbocycles. The molecule has 1 nitrogen and oxygen atoms in total. The van der Waals surface area contributed by atoms with Crippen molar-refractivity contribution in [3.8, 4) is 0 Å². The van der Waals surface area contributed by atoms with Crippen LogP contribution in [0.1, 0.15) is 35.8 Å². The normalized spacial score (nSPS) is 14.5. The van der Waals surface area contributed by atoms with E-state index < -0.39 is 10.8 Å². The van der Waals surface area contributed by atoms with Gasteiger partial charge in [0.05, 0.1) is 0 Å². The summed E-state index contributed by atoms with van der Waals surface area (Å²) < 4.78 is 12.4. The van der Waals surface area contributed by atoms with E-state index in [1.54, 1.807) is 0 Å². The highest BCUT2D eigenvalue weighted by Crippen LogP contribution is 2.23. The van der Waals surface area contributed by atoms with E-state index in [2.05, 4.69) is 37.4 Å². The fourth-order valence-electron chi connectivity index (χ4n) is 2.86. The highest BCUT2D eigenvalue weighted by molar-refractivity contribution is 7.84. The van der Waals surface area contributed by atoms with Gasteiger partial charge in [0.1, 0.15) is 0 Å². The lowest BCUT2D eigenvalue weighted by molar-refractivity contribution is 0.671. The topological polar surface area (TPSA) is 17.1 Å². The molecule has 0 spiro atoms. The van der Waals surface area contributed by atoms with Crippen LogP contribution in [-0.2, 0) is 10.8 Å². The van der Waals surface area contributed by atoms with Gasteiger partial charge in [-0.25, -0.2) is 0 Å². The molecule has 2 rings (SSSR count). The zero-order valence-electron chi connectivity index (χ0n) is 14.1. The van der Waals surface area contributed by atoms with Crippen LogP contribution in [0.3, 0.4) is 0 Å². The molecule has 126 valence electrons. The highest BCUT2D eigenvalue weighted by Gasteiger charge is 2.12. The Morgan fingerprint density at radius 1 is 0.750 bits per heavy atom. The molecule has 0 fully saturated rings. The van der Waals surface area contributed by atoms with Crippen molar-refractivity contribution in [1.82, 2.24) is 0 Å². The Balaban J connectivity index is 1.82. The van der Waals surface area contributed by atoms with Gasteiger partial charge in [-0.05, 0) is 24.0 Å². The minimum atomic E-state index is -0.807. The second kappa shape index (κ2) is 10.0. The second-order valence-electron chi connectivity index (χ2n) is 5.93. The SMILES string of the molecule is C=CC(CCS(=O)CCC(C=C)c1ccccc1)c1ccccc1. The minimum absolute atomic E-state index is 0.277. The van der Waals surface area contributed by atoms with E-state index in [4.69, 9.17) is 0 Å². The number of benzene rings is 2. The van der Waals surface area contributed by atoms with Crippen molar-refractivity contribution in [2.24, 2.45) is 0 Å². The Hall–Kier alpha value is -1.93. The maximum absolute atomic E-state index is 12.4. The lowest BCUT2D eigenvalue weighted by Gasteiger charge is -2.14. The fraction of sp³-hybridized carbons (Fsp3) is 0.273. The molecule has 0 bridgehead atoms. The minimum Gasteiger partial charge on any atom is -0.260 e. The molecule has 2 heteroatoms. The van der Waals surface area contributed by atoms with Gasteiger partial charge in [0.25, 0.3) is 0 Å². The van der Waals surface area contributed by atoms with Crippen molar-refractivity contribution in [2.75, 3.05) is 11.5 Å². The molecular weight excluding hydrogens is 312 g/mol. The van der Waals surface area contributed by atoms with Gasteiger partial charge in [0.15, 0.2) is 0 Å². The molecule has 0 heterocycles. The fourth-order valence-corrected chi connectivity index (χ4v) is 4.10. The molecule has 0 radical (unpaired) electrons. The van der Waals surface area contributed by atoms with Crippen LogP contribution in [0.4, 0.5) is 0 Å². The van der Waals surface area contributed by atoms with E-state index in [1.807, 2.05) is 48.6 Å². The van der Waals surface area contributed by atoms with Gasteiger partial charge in [-0.15, -0.1) is 13.2 Å². The lowest BCUT2D eigenvalue weighted by atomic mass is 9.97. The molecule has 0 N–H and O–H groups in total. The van der Waals surface area contributed by atoms with Crippen molar-refractivity contribution < 1.29 is 4.21 Å². The molecule has 24 heavy (non-hydrogen) atoms. The Labute approximate surface area is 148 Å². The Bertz CT molecular complexity index is 591. The molecule has 2 aromatic rings. The van der Waals surface area contributed by atoms with E-state index in [0.29, 0.717) is 11.5 Å². The predicted molar refractivity (Wildman–Crippen MR) is 106 cm³/mol. The zero-order valence-corrected chi connectivity index (χ0v) is 15.0. The number of hydrogen-bond donors (Lipinski definition) is 0. The van der Waals surface area contributed by atoms with Gasteiger partial charge >= 0.3 is 0 Å². The van der Waals surface area contributed by atoms with Crippen LogP contribution >= 0.6 is 0 Å². The third-order valence-corrected chi connectivity index (χ3v) is 5.72. The molecule has 0 aromatic heterocycles. The van der Waals surface area contributed by atoms with Crippen molar-refractivity contribution in [2.45, 2.75) is 24.7 Å². The van der Waals surface area contributed by atoms with Crippen LogP contribution in [0.25, 0.3) is 0 Å². The summed E-state index contributed by atoms with van der Waals surface area (Å²) in [6.45, 7) is 7.86. The van der Waals surface area contributed by atoms with E-state index in [1.165, 1.54) is 11.1 Å². The summed E-state index contributed by atoms with van der Waals surface area (Å²) in [4.78, 5) is 0. The maximum atomic E-state index is 12.4. The van der Waals surface area contributed by atoms with Gasteiger partial charge in [-0.3, -0.25) is 4.21 Å². The number of allylic oxidation sites excluding steroid dienone is 2. The van der Waals surface area contributed by atoms with E-state index >= 15 is 0 Å². The van der Waals surface area contributed by atoms with Crippen molar-refractivity contribution in [1.29, 1.82) is 0 Å². The average Bonchev–Trinajstić information content (AvgIpc) is 2.64. The first-order valence-corrected chi connectivity index (χ1v) is 9.93. The van der Waals surface area contributed by atoms with Crippen LogP contribution in [0, 0.1) is 0 Å². The standard InChI is InChI=1S/C22H26OS/c1-3-19(21-11-7-5-8-12-21)15-17-24(23)18-16-20(4-2)22-13-9-6-10-14-22/h3-14,19-20H,1-2,15-18H2. The largest absolute Gasteiger partial charge is 0.260 e. The molecule has 2 unspecified atom stereocenters. The molecule has 0 aliphatic heterocycles. The summed E-state index contributed by atoms with van der Waals surface area (Å²) in [6.07, 6.45) is 5.68. The Morgan fingerprint density at radius 3 is 1.46 bits per heavy atom. The summed E-state index contributed by atoms with van der Waals surface area (Å²) in [5.74, 6) is 1.98. The zero-order chi connectivity index (χ0) is 17.2. The molecule has 2 aromatic carbocycles. The Kier molecular flexibility index (Phi) is 7.70. The maximum Gasteiger partial charge on any atom is 0.0243 e. The van der Waals surface area contributed by atoms with Gasteiger partial charge in [0.2, 0.25) is 0 Å². The molecule has 0 saturated heterocycles. The third-order valence-electron chi connectivity index (χ3n) is 4.34. The quantitative estimate of drug-likeness (QED) is 0.526. The highest BCUT2D eigenvalue weighted by atomic mass is 32.2. The Morgan fingerprint density at radius 2 is 1.12 bits per heavy atom. The summed E-state index contributed by atoms with van der Waals surface area (Å²) >= 11 is 0. The van der Waals surface area contributed by atoms with Crippen molar-refractivity contribution in [3.63, 3.8) is 0 Å². The molecule has 0 saturated carbocycles. The molecular formula is C22H26OS. The number of hydrogen-bond acceptors (Lipinski definition) is 1. The number of rotatable bonds is 10. The van der Waals surface area contributed by atoms with Crippen LogP contribution in [0.5, 0.6) is 0 Å². The first-order valence-electron chi connectivity index (χ1n) is 8.44. The first-order chi connectivity index (χ1) is 11.7. The van der Waals surface area contributed by atoms with Gasteiger partial charge in [-0.2, -0.15) is 0 Å². The summed E-state index contributed by atoms with van der Waals surface area (Å²) in [5.41, 5.74) is 2.50. The summed E-state index contributed by atoms with van der Waals surface area (Å²) in [7, 11) is -0.807. The lowest BCUT2D eigenvalue weighted by Crippen LogP contribution is -2.09. The van der Waals surface area contributed by atoms with Crippen LogP contribution in [0.2, 0.25) is 0 Å². The van der Waals surface area contributed by atoms with Crippen LogP contribution < -0.4 is 0 Å². The smallest absolute Gasteiger partial charge is 0.0243 e. The van der Waals surface area contributed by atoms with Crippen LogP contribution in [0.15, 0.2) is 86.0 Å². The predicted octanol–water partition coefficient (Wildman–Crippen LogP) is 5.45. The first kappa shape index (κ1) is 18.4. The van der Waals surface area contributed by atoms with E-state index in [-0.39, 0.29) is 11.8 Å². The monoisotopic (exact) mass is 338 g/mol. The van der Waals surface area contributed by atoms with Gasteiger partial charge < -0.3 is 0 Å². The van der Waals surface area contributed by atoms with Crippen LogP contribution in [-0.4, -0.2) is 15.7 Å². The molecule has 0 amide bonds. The van der Waals surface area contributed by atoms with E-state index in [0.717, 1.165) is 12.8 Å². The average molecular weight is 339 g/mol. The second-order valence-corrected chi connectivity index (χ2v) is 7.63. The molecule has 0 aliphatic rings. The molecule has 2 atom stereocenters. The van der Waals surface area contributed by atoms with E-state index in [9.17, 15) is 4.21 Å². The van der Waals surface area contributed by atoms with Crippen molar-refractivity contribution >= 4 is 10.8 Å². The van der Waals surface area contributed by atoms with Crippen molar-refractivity contribution in [3.05, 3.63) is 97.1 Å².